The Morgan fingerprint density at radius 1 is 1.40 bits per heavy atom. The van der Waals surface area contributed by atoms with E-state index >= 15 is 0 Å². The Labute approximate surface area is 125 Å². The van der Waals surface area contributed by atoms with Gasteiger partial charge in [0.05, 0.1) is 19.0 Å². The zero-order valence-corrected chi connectivity index (χ0v) is 12.2. The van der Waals surface area contributed by atoms with Gasteiger partial charge in [0.2, 0.25) is 0 Å². The van der Waals surface area contributed by atoms with Crippen molar-refractivity contribution in [3.8, 4) is 6.07 Å². The van der Waals surface area contributed by atoms with E-state index in [0.717, 1.165) is 11.3 Å². The van der Waals surface area contributed by atoms with Gasteiger partial charge >= 0.3 is 5.69 Å². The number of aryl methyl sites for hydroxylation is 1. The molecular weight excluding hydrogens is 292 g/mol. The second kappa shape index (κ2) is 7.03. The minimum absolute atomic E-state index is 0.236. The number of nitrogens with one attached hydrogen (secondary N) is 1. The minimum atomic E-state index is -0.380. The number of hydrogen-bond acceptors (Lipinski definition) is 5. The molecule has 0 saturated carbocycles. The fourth-order valence-corrected chi connectivity index (χ4v) is 2.68. The van der Waals surface area contributed by atoms with Crippen LogP contribution < -0.4 is 5.69 Å². The Kier molecular flexibility index (Phi) is 5.09. The maximum Gasteiger partial charge on any atom is 0.343 e. The van der Waals surface area contributed by atoms with E-state index in [1.54, 1.807) is 0 Å². The molecule has 0 radical (unpaired) electrons. The molecular formula is C13H12N4OS2. The first-order valence-electron chi connectivity index (χ1n) is 5.96. The smallest absolute Gasteiger partial charge is 0.295 e. The van der Waals surface area contributed by atoms with Gasteiger partial charge in [-0.15, -0.1) is 0 Å². The molecule has 102 valence electrons. The third-order valence-corrected chi connectivity index (χ3v) is 3.98. The number of rotatable bonds is 5. The number of hydrogen-bond donors (Lipinski definition) is 1. The molecule has 2 rings (SSSR count). The Morgan fingerprint density at radius 3 is 2.85 bits per heavy atom. The van der Waals surface area contributed by atoms with E-state index in [2.05, 4.69) is 10.1 Å². The van der Waals surface area contributed by atoms with E-state index < -0.39 is 0 Å². The highest BCUT2D eigenvalue weighted by Gasteiger charge is 2.05. The van der Waals surface area contributed by atoms with Gasteiger partial charge in [-0.25, -0.2) is 9.48 Å². The average molecular weight is 304 g/mol. The van der Waals surface area contributed by atoms with Crippen molar-refractivity contribution in [3.63, 3.8) is 0 Å². The zero-order valence-electron chi connectivity index (χ0n) is 10.6. The van der Waals surface area contributed by atoms with E-state index in [4.69, 9.17) is 17.5 Å². The summed E-state index contributed by atoms with van der Waals surface area (Å²) in [6, 6.07) is 11.9. The van der Waals surface area contributed by atoms with Crippen molar-refractivity contribution in [2.45, 2.75) is 23.7 Å². The first-order chi connectivity index (χ1) is 9.70. The van der Waals surface area contributed by atoms with E-state index in [0.29, 0.717) is 9.67 Å². The highest BCUT2D eigenvalue weighted by molar-refractivity contribution is 7.98. The Bertz CT molecular complexity index is 731. The summed E-state index contributed by atoms with van der Waals surface area (Å²) in [5, 5.41) is 13.4. The van der Waals surface area contributed by atoms with Crippen LogP contribution in [0, 0.1) is 16.0 Å². The van der Waals surface area contributed by atoms with Crippen molar-refractivity contribution in [1.82, 2.24) is 14.8 Å². The summed E-state index contributed by atoms with van der Waals surface area (Å²) < 4.78 is 1.58. The summed E-state index contributed by atoms with van der Waals surface area (Å²) in [4.78, 5) is 14.2. The van der Waals surface area contributed by atoms with Gasteiger partial charge in [0.15, 0.2) is 5.03 Å². The predicted molar refractivity (Wildman–Crippen MR) is 79.9 cm³/mol. The normalized spacial score (nSPS) is 10.2. The van der Waals surface area contributed by atoms with Gasteiger partial charge in [0.1, 0.15) is 4.64 Å². The molecule has 0 aliphatic carbocycles. The molecule has 0 aliphatic heterocycles. The van der Waals surface area contributed by atoms with Crippen LogP contribution in [0.15, 0.2) is 40.2 Å². The molecule has 0 bridgehead atoms. The second-order valence-electron chi connectivity index (χ2n) is 3.97. The molecule has 0 atom stereocenters. The van der Waals surface area contributed by atoms with E-state index in [9.17, 15) is 4.79 Å². The fraction of sp³-hybridized carbons (Fsp3) is 0.231. The predicted octanol–water partition coefficient (Wildman–Crippen LogP) is 2.51. The third-order valence-electron chi connectivity index (χ3n) is 2.51. The molecule has 0 aliphatic rings. The quantitative estimate of drug-likeness (QED) is 0.678. The molecule has 5 nitrogen and oxygen atoms in total. The molecule has 2 aromatic rings. The first-order valence-corrected chi connectivity index (χ1v) is 7.35. The van der Waals surface area contributed by atoms with Crippen LogP contribution in [-0.2, 0) is 12.3 Å². The maximum atomic E-state index is 11.6. The topological polar surface area (TPSA) is 74.5 Å². The monoisotopic (exact) mass is 304 g/mol. The van der Waals surface area contributed by atoms with Crippen LogP contribution in [0.5, 0.6) is 0 Å². The number of thioether (sulfide) groups is 1. The summed E-state index contributed by atoms with van der Waals surface area (Å²) in [7, 11) is 0. The summed E-state index contributed by atoms with van der Waals surface area (Å²) >= 11 is 6.58. The van der Waals surface area contributed by atoms with Crippen LogP contribution in [0.2, 0.25) is 0 Å². The molecule has 1 N–H and O–H groups in total. The maximum absolute atomic E-state index is 11.6. The van der Waals surface area contributed by atoms with Crippen molar-refractivity contribution in [1.29, 1.82) is 5.26 Å². The second-order valence-corrected chi connectivity index (χ2v) is 5.34. The van der Waals surface area contributed by atoms with Gasteiger partial charge < -0.3 is 0 Å². The zero-order chi connectivity index (χ0) is 14.4. The molecule has 1 heterocycles. The van der Waals surface area contributed by atoms with Crippen LogP contribution in [0.3, 0.4) is 0 Å². The Morgan fingerprint density at radius 2 is 2.15 bits per heavy atom. The number of nitrogens with zero attached hydrogens (tertiary/aromatic N) is 3. The van der Waals surface area contributed by atoms with Crippen LogP contribution in [0.4, 0.5) is 0 Å². The SMILES string of the molecule is N#CCCn1nc(SCc2ccccc2)c(=S)[nH]c1=O. The molecule has 1 aromatic carbocycles. The molecule has 0 saturated heterocycles. The molecule has 0 fully saturated rings. The van der Waals surface area contributed by atoms with Crippen molar-refractivity contribution >= 4 is 24.0 Å². The van der Waals surface area contributed by atoms with Gasteiger partial charge in [-0.05, 0) is 5.56 Å². The lowest BCUT2D eigenvalue weighted by atomic mass is 10.2. The lowest BCUT2D eigenvalue weighted by Crippen LogP contribution is -2.26. The lowest BCUT2D eigenvalue weighted by molar-refractivity contribution is 0.540. The first kappa shape index (κ1) is 14.5. The Balaban J connectivity index is 2.17. The highest BCUT2D eigenvalue weighted by atomic mass is 32.2. The lowest BCUT2D eigenvalue weighted by Gasteiger charge is -2.05. The standard InChI is InChI=1S/C13H12N4OS2/c14-7-4-8-17-13(18)15-11(19)12(16-17)20-9-10-5-2-1-3-6-10/h1-3,5-6H,4,8-9H2,(H,15,18,19). The Hall–Kier alpha value is -1.91. The van der Waals surface area contributed by atoms with Crippen LogP contribution in [0.1, 0.15) is 12.0 Å². The molecule has 1 aromatic heterocycles. The van der Waals surface area contributed by atoms with Gasteiger partial charge in [0.25, 0.3) is 0 Å². The number of nitriles is 1. The number of benzene rings is 1. The van der Waals surface area contributed by atoms with E-state index in [-0.39, 0.29) is 18.7 Å². The minimum Gasteiger partial charge on any atom is -0.295 e. The van der Waals surface area contributed by atoms with Crippen LogP contribution in [0.25, 0.3) is 0 Å². The van der Waals surface area contributed by atoms with Crippen molar-refractivity contribution in [2.24, 2.45) is 0 Å². The van der Waals surface area contributed by atoms with Gasteiger partial charge in [0, 0.05) is 5.75 Å². The van der Waals surface area contributed by atoms with Crippen molar-refractivity contribution in [2.75, 3.05) is 0 Å². The van der Waals surface area contributed by atoms with Gasteiger partial charge in [-0.2, -0.15) is 10.4 Å². The number of aromatic nitrogens is 3. The van der Waals surface area contributed by atoms with Crippen LogP contribution >= 0.6 is 24.0 Å². The molecule has 0 unspecified atom stereocenters. The van der Waals surface area contributed by atoms with Gasteiger partial charge in [-0.3, -0.25) is 4.98 Å². The summed E-state index contributed by atoms with van der Waals surface area (Å²) in [5.41, 5.74) is 0.776. The highest BCUT2D eigenvalue weighted by Crippen LogP contribution is 2.20. The van der Waals surface area contributed by atoms with Crippen molar-refractivity contribution < 1.29 is 0 Å². The van der Waals surface area contributed by atoms with Crippen LogP contribution in [-0.4, -0.2) is 14.8 Å². The molecule has 0 amide bonds. The molecule has 0 spiro atoms. The number of H-pyrrole nitrogens is 1. The van der Waals surface area contributed by atoms with Gasteiger partial charge in [-0.1, -0.05) is 54.3 Å². The largest absolute Gasteiger partial charge is 0.343 e. The van der Waals surface area contributed by atoms with Crippen molar-refractivity contribution in [3.05, 3.63) is 51.0 Å². The summed E-state index contributed by atoms with van der Waals surface area (Å²) in [5.74, 6) is 0.724. The summed E-state index contributed by atoms with van der Waals surface area (Å²) in [6.45, 7) is 0.264. The molecule has 20 heavy (non-hydrogen) atoms. The third kappa shape index (κ3) is 3.79. The van der Waals surface area contributed by atoms with E-state index in [1.165, 1.54) is 16.4 Å². The average Bonchev–Trinajstić information content (AvgIpc) is 2.46. The molecule has 7 heteroatoms. The summed E-state index contributed by atoms with van der Waals surface area (Å²) in [6.07, 6.45) is 0.236. The fourth-order valence-electron chi connectivity index (χ4n) is 1.54. The van der Waals surface area contributed by atoms with E-state index in [1.807, 2.05) is 36.4 Å². The number of aromatic amines is 1.